The summed E-state index contributed by atoms with van der Waals surface area (Å²) in [6.45, 7) is 2.25. The summed E-state index contributed by atoms with van der Waals surface area (Å²) in [7, 11) is 0. The van der Waals surface area contributed by atoms with Gasteiger partial charge in [-0.3, -0.25) is 0 Å². The Hall–Kier alpha value is -0.700. The van der Waals surface area contributed by atoms with Crippen molar-refractivity contribution in [3.8, 4) is 12.3 Å². The average Bonchev–Trinajstić information content (AvgIpc) is 2.07. The molecule has 0 nitrogen and oxygen atoms in total. The van der Waals surface area contributed by atoms with E-state index in [1.807, 2.05) is 0 Å². The summed E-state index contributed by atoms with van der Waals surface area (Å²) in [5, 5.41) is 0. The van der Waals surface area contributed by atoms with Crippen molar-refractivity contribution in [1.82, 2.24) is 0 Å². The van der Waals surface area contributed by atoms with E-state index in [-0.39, 0.29) is 0 Å². The summed E-state index contributed by atoms with van der Waals surface area (Å²) in [6.07, 6.45) is 13.9. The maximum Gasteiger partial charge on any atom is -0.00221 e. The minimum atomic E-state index is 0.914. The molecule has 60 valence electrons. The first-order valence-electron chi connectivity index (χ1n) is 4.52. The third-order valence-electron chi connectivity index (χ3n) is 2.40. The Labute approximate surface area is 69.7 Å². The monoisotopic (exact) mass is 148 g/mol. The summed E-state index contributed by atoms with van der Waals surface area (Å²) in [6, 6.07) is 0. The Bertz CT molecular complexity index is 181. The van der Waals surface area contributed by atoms with Crippen molar-refractivity contribution in [2.24, 2.45) is 5.92 Å². The molecule has 11 heavy (non-hydrogen) atoms. The predicted octanol–water partition coefficient (Wildman–Crippen LogP) is 3.15. The van der Waals surface area contributed by atoms with Crippen LogP contribution in [0.1, 0.15) is 39.0 Å². The van der Waals surface area contributed by atoms with E-state index in [0.29, 0.717) is 0 Å². The van der Waals surface area contributed by atoms with Gasteiger partial charge >= 0.3 is 0 Å². The molecule has 1 aliphatic rings. The molecule has 0 saturated heterocycles. The van der Waals surface area contributed by atoms with Gasteiger partial charge in [0.05, 0.1) is 0 Å². The average molecular weight is 148 g/mol. The van der Waals surface area contributed by atoms with E-state index in [1.54, 1.807) is 0 Å². The number of allylic oxidation sites excluding steroid dienone is 2. The van der Waals surface area contributed by atoms with Crippen molar-refractivity contribution < 1.29 is 0 Å². The molecule has 1 atom stereocenters. The van der Waals surface area contributed by atoms with Crippen LogP contribution in [0.4, 0.5) is 0 Å². The van der Waals surface area contributed by atoms with Crippen molar-refractivity contribution in [2.45, 2.75) is 39.0 Å². The summed E-state index contributed by atoms with van der Waals surface area (Å²) in [4.78, 5) is 0. The Kier molecular flexibility index (Phi) is 3.23. The van der Waals surface area contributed by atoms with Crippen LogP contribution in [0.15, 0.2) is 11.6 Å². The van der Waals surface area contributed by atoms with Crippen molar-refractivity contribution in [1.29, 1.82) is 0 Å². The van der Waals surface area contributed by atoms with E-state index in [2.05, 4.69) is 18.9 Å². The fourth-order valence-electron chi connectivity index (χ4n) is 1.69. The van der Waals surface area contributed by atoms with E-state index in [9.17, 15) is 0 Å². The molecule has 1 unspecified atom stereocenters. The molecule has 0 aromatic carbocycles. The highest BCUT2D eigenvalue weighted by Gasteiger charge is 2.11. The molecule has 0 bridgehead atoms. The lowest BCUT2D eigenvalue weighted by molar-refractivity contribution is 0.436. The lowest BCUT2D eigenvalue weighted by Crippen LogP contribution is -2.04. The van der Waals surface area contributed by atoms with Gasteiger partial charge in [0.1, 0.15) is 0 Å². The van der Waals surface area contributed by atoms with Crippen LogP contribution >= 0.6 is 0 Å². The van der Waals surface area contributed by atoms with Crippen LogP contribution in [0.25, 0.3) is 0 Å². The van der Waals surface area contributed by atoms with Gasteiger partial charge in [0.15, 0.2) is 0 Å². The van der Waals surface area contributed by atoms with Crippen LogP contribution in [0.2, 0.25) is 0 Å². The van der Waals surface area contributed by atoms with Crippen molar-refractivity contribution in [3.63, 3.8) is 0 Å². The standard InChI is InChI=1S/C11H16/c1-3-5-11-8-6-10(4-2)7-9-11/h2,6,11H,3,5,7-9H2,1H3. The minimum Gasteiger partial charge on any atom is -0.115 e. The molecule has 1 rings (SSSR count). The molecular formula is C11H16. The van der Waals surface area contributed by atoms with Gasteiger partial charge in [-0.1, -0.05) is 31.8 Å². The SMILES string of the molecule is C#CC1=CCC(CCC)CC1. The molecule has 0 aromatic heterocycles. The highest BCUT2D eigenvalue weighted by molar-refractivity contribution is 5.26. The lowest BCUT2D eigenvalue weighted by Gasteiger charge is -2.18. The largest absolute Gasteiger partial charge is 0.115 e. The molecule has 0 heteroatoms. The van der Waals surface area contributed by atoms with Gasteiger partial charge in [-0.05, 0) is 30.8 Å². The Morgan fingerprint density at radius 1 is 1.73 bits per heavy atom. The minimum absolute atomic E-state index is 0.914. The first-order chi connectivity index (χ1) is 5.36. The number of hydrogen-bond acceptors (Lipinski definition) is 0. The zero-order valence-electron chi connectivity index (χ0n) is 7.27. The molecule has 0 aromatic rings. The molecule has 0 amide bonds. The molecule has 0 aliphatic heterocycles. The van der Waals surface area contributed by atoms with Crippen molar-refractivity contribution in [2.75, 3.05) is 0 Å². The summed E-state index contributed by atoms with van der Waals surface area (Å²) >= 11 is 0. The normalized spacial score (nSPS) is 24.0. The number of hydrogen-bond donors (Lipinski definition) is 0. The van der Waals surface area contributed by atoms with E-state index >= 15 is 0 Å². The van der Waals surface area contributed by atoms with Crippen LogP contribution < -0.4 is 0 Å². The Morgan fingerprint density at radius 3 is 3.00 bits per heavy atom. The second-order valence-electron chi connectivity index (χ2n) is 3.30. The van der Waals surface area contributed by atoms with Crippen LogP contribution in [0.3, 0.4) is 0 Å². The van der Waals surface area contributed by atoms with Gasteiger partial charge in [-0.2, -0.15) is 0 Å². The van der Waals surface area contributed by atoms with Crippen LogP contribution in [0.5, 0.6) is 0 Å². The van der Waals surface area contributed by atoms with Crippen LogP contribution in [-0.4, -0.2) is 0 Å². The highest BCUT2D eigenvalue weighted by Crippen LogP contribution is 2.26. The molecule has 0 radical (unpaired) electrons. The molecule has 0 spiro atoms. The molecule has 1 aliphatic carbocycles. The summed E-state index contributed by atoms with van der Waals surface area (Å²) < 4.78 is 0. The number of rotatable bonds is 2. The van der Waals surface area contributed by atoms with Crippen LogP contribution in [-0.2, 0) is 0 Å². The van der Waals surface area contributed by atoms with E-state index < -0.39 is 0 Å². The fraction of sp³-hybridized carbons (Fsp3) is 0.636. The molecular weight excluding hydrogens is 132 g/mol. The third kappa shape index (κ3) is 2.42. The highest BCUT2D eigenvalue weighted by atomic mass is 14.2. The van der Waals surface area contributed by atoms with Gasteiger partial charge in [-0.25, -0.2) is 0 Å². The van der Waals surface area contributed by atoms with Crippen molar-refractivity contribution >= 4 is 0 Å². The smallest absolute Gasteiger partial charge is 0.00221 e. The van der Waals surface area contributed by atoms with Crippen LogP contribution in [0, 0.1) is 18.3 Å². The Morgan fingerprint density at radius 2 is 2.55 bits per heavy atom. The predicted molar refractivity (Wildman–Crippen MR) is 49.2 cm³/mol. The van der Waals surface area contributed by atoms with E-state index in [4.69, 9.17) is 6.42 Å². The number of terminal acetylenes is 1. The van der Waals surface area contributed by atoms with Gasteiger partial charge in [0.2, 0.25) is 0 Å². The Balaban J connectivity index is 2.37. The van der Waals surface area contributed by atoms with Gasteiger partial charge in [0.25, 0.3) is 0 Å². The molecule has 0 N–H and O–H groups in total. The van der Waals surface area contributed by atoms with Gasteiger partial charge < -0.3 is 0 Å². The summed E-state index contributed by atoms with van der Waals surface area (Å²) in [5.41, 5.74) is 1.22. The maximum absolute atomic E-state index is 5.30. The topological polar surface area (TPSA) is 0 Å². The zero-order valence-corrected chi connectivity index (χ0v) is 7.27. The fourth-order valence-corrected chi connectivity index (χ4v) is 1.69. The molecule has 0 fully saturated rings. The van der Waals surface area contributed by atoms with Gasteiger partial charge in [-0.15, -0.1) is 6.42 Å². The molecule has 0 heterocycles. The third-order valence-corrected chi connectivity index (χ3v) is 2.40. The zero-order chi connectivity index (χ0) is 8.10. The first-order valence-corrected chi connectivity index (χ1v) is 4.52. The first kappa shape index (κ1) is 8.40. The van der Waals surface area contributed by atoms with Gasteiger partial charge in [0, 0.05) is 0 Å². The maximum atomic E-state index is 5.30. The summed E-state index contributed by atoms with van der Waals surface area (Å²) in [5.74, 6) is 3.64. The van der Waals surface area contributed by atoms with E-state index in [0.717, 1.165) is 12.3 Å². The van der Waals surface area contributed by atoms with E-state index in [1.165, 1.54) is 31.3 Å². The second-order valence-corrected chi connectivity index (χ2v) is 3.30. The van der Waals surface area contributed by atoms with Crippen molar-refractivity contribution in [3.05, 3.63) is 11.6 Å². The quantitative estimate of drug-likeness (QED) is 0.528. The molecule has 0 saturated carbocycles. The second kappa shape index (κ2) is 4.23. The lowest BCUT2D eigenvalue weighted by atomic mass is 9.87.